The second-order valence-electron chi connectivity index (χ2n) is 4.94. The molecule has 0 spiro atoms. The summed E-state index contributed by atoms with van der Waals surface area (Å²) in [6, 6.07) is 9.61. The van der Waals surface area contributed by atoms with E-state index in [1.807, 2.05) is 12.1 Å². The molecule has 0 aliphatic heterocycles. The first-order valence-corrected chi connectivity index (χ1v) is 7.47. The highest BCUT2D eigenvalue weighted by atomic mass is 35.5. The van der Waals surface area contributed by atoms with E-state index in [0.717, 1.165) is 5.56 Å². The van der Waals surface area contributed by atoms with Crippen molar-refractivity contribution in [3.05, 3.63) is 58.4 Å². The Bertz CT molecular complexity index is 666. The molecule has 0 saturated carbocycles. The quantitative estimate of drug-likeness (QED) is 0.812. The fourth-order valence-corrected chi connectivity index (χ4v) is 2.46. The molecule has 0 heterocycles. The zero-order valence-electron chi connectivity index (χ0n) is 13.0. The Hall–Kier alpha value is -1.82. The van der Waals surface area contributed by atoms with E-state index in [1.54, 1.807) is 26.4 Å². The third kappa shape index (κ3) is 4.13. The van der Waals surface area contributed by atoms with Gasteiger partial charge in [-0.25, -0.2) is 4.39 Å². The van der Waals surface area contributed by atoms with Crippen LogP contribution in [-0.2, 0) is 6.54 Å². The van der Waals surface area contributed by atoms with Crippen molar-refractivity contribution in [1.82, 2.24) is 5.32 Å². The Morgan fingerprint density at radius 2 is 2.00 bits per heavy atom. The highest BCUT2D eigenvalue weighted by Crippen LogP contribution is 2.31. The lowest BCUT2D eigenvalue weighted by Gasteiger charge is -2.19. The number of aliphatic hydroxyl groups is 1. The van der Waals surface area contributed by atoms with Crippen molar-refractivity contribution in [3.63, 3.8) is 0 Å². The van der Waals surface area contributed by atoms with Gasteiger partial charge in [0.05, 0.1) is 31.9 Å². The zero-order valence-corrected chi connectivity index (χ0v) is 13.7. The van der Waals surface area contributed by atoms with Gasteiger partial charge in [0.15, 0.2) is 11.5 Å². The van der Waals surface area contributed by atoms with Crippen molar-refractivity contribution in [2.45, 2.75) is 12.6 Å². The molecule has 2 aromatic carbocycles. The lowest BCUT2D eigenvalue weighted by molar-refractivity contribution is 0.242. The van der Waals surface area contributed by atoms with E-state index >= 15 is 0 Å². The maximum atomic E-state index is 13.6. The standard InChI is InChI=1S/C17H19ClFNO3/c1-22-16-5-3-4-12(17(16)23-2)9-20-15(10-21)11-6-7-13(18)14(19)8-11/h3-8,15,20-21H,9-10H2,1-2H3. The fraction of sp³-hybridized carbons (Fsp3) is 0.294. The monoisotopic (exact) mass is 339 g/mol. The summed E-state index contributed by atoms with van der Waals surface area (Å²) in [6.45, 7) is 0.253. The van der Waals surface area contributed by atoms with Crippen LogP contribution in [0.5, 0.6) is 11.5 Å². The maximum Gasteiger partial charge on any atom is 0.165 e. The Balaban J connectivity index is 2.16. The summed E-state index contributed by atoms with van der Waals surface area (Å²) in [4.78, 5) is 0. The molecule has 6 heteroatoms. The SMILES string of the molecule is COc1cccc(CNC(CO)c2ccc(Cl)c(F)c2)c1OC. The molecule has 1 atom stereocenters. The van der Waals surface area contributed by atoms with Gasteiger partial charge in [0, 0.05) is 12.1 Å². The number of aliphatic hydroxyl groups excluding tert-OH is 1. The number of hydrogen-bond acceptors (Lipinski definition) is 4. The van der Waals surface area contributed by atoms with Crippen LogP contribution >= 0.6 is 11.6 Å². The number of halogens is 2. The molecule has 1 unspecified atom stereocenters. The average molecular weight is 340 g/mol. The molecule has 0 amide bonds. The molecule has 0 aliphatic rings. The third-order valence-electron chi connectivity index (χ3n) is 3.55. The van der Waals surface area contributed by atoms with Crippen molar-refractivity contribution in [3.8, 4) is 11.5 Å². The van der Waals surface area contributed by atoms with Crippen LogP contribution in [0.4, 0.5) is 4.39 Å². The van der Waals surface area contributed by atoms with Crippen LogP contribution in [0, 0.1) is 5.82 Å². The van der Waals surface area contributed by atoms with Crippen molar-refractivity contribution in [2.75, 3.05) is 20.8 Å². The van der Waals surface area contributed by atoms with Crippen molar-refractivity contribution in [1.29, 1.82) is 0 Å². The summed E-state index contributed by atoms with van der Waals surface area (Å²) >= 11 is 5.69. The van der Waals surface area contributed by atoms with Crippen LogP contribution in [0.2, 0.25) is 5.02 Å². The molecule has 0 radical (unpaired) electrons. The molecular weight excluding hydrogens is 321 g/mol. The average Bonchev–Trinajstić information content (AvgIpc) is 2.57. The van der Waals surface area contributed by atoms with Gasteiger partial charge in [-0.05, 0) is 23.8 Å². The maximum absolute atomic E-state index is 13.6. The topological polar surface area (TPSA) is 50.7 Å². The summed E-state index contributed by atoms with van der Waals surface area (Å²) in [5.41, 5.74) is 1.50. The summed E-state index contributed by atoms with van der Waals surface area (Å²) in [5, 5.41) is 12.8. The predicted octanol–water partition coefficient (Wildman–Crippen LogP) is 3.32. The Kier molecular flexibility index (Phi) is 6.21. The molecule has 0 bridgehead atoms. The fourth-order valence-electron chi connectivity index (χ4n) is 2.34. The summed E-state index contributed by atoms with van der Waals surface area (Å²) < 4.78 is 24.2. The van der Waals surface area contributed by atoms with E-state index in [2.05, 4.69) is 5.32 Å². The molecule has 2 aromatic rings. The first-order valence-electron chi connectivity index (χ1n) is 7.09. The Morgan fingerprint density at radius 3 is 2.61 bits per heavy atom. The molecule has 2 rings (SSSR count). The van der Waals surface area contributed by atoms with E-state index in [-0.39, 0.29) is 11.6 Å². The number of para-hydroxylation sites is 1. The van der Waals surface area contributed by atoms with Gasteiger partial charge >= 0.3 is 0 Å². The van der Waals surface area contributed by atoms with Crippen molar-refractivity contribution >= 4 is 11.6 Å². The minimum Gasteiger partial charge on any atom is -0.493 e. The lowest BCUT2D eigenvalue weighted by atomic mass is 10.1. The van der Waals surface area contributed by atoms with Gasteiger partial charge in [0.1, 0.15) is 5.82 Å². The van der Waals surface area contributed by atoms with E-state index in [4.69, 9.17) is 21.1 Å². The summed E-state index contributed by atoms with van der Waals surface area (Å²) in [7, 11) is 3.14. The zero-order chi connectivity index (χ0) is 16.8. The smallest absolute Gasteiger partial charge is 0.165 e. The molecular formula is C17H19ClFNO3. The number of ether oxygens (including phenoxy) is 2. The molecule has 4 nitrogen and oxygen atoms in total. The number of rotatable bonds is 7. The van der Waals surface area contributed by atoms with Crippen molar-refractivity contribution < 1.29 is 19.0 Å². The van der Waals surface area contributed by atoms with Gasteiger partial charge in [-0.3, -0.25) is 0 Å². The van der Waals surface area contributed by atoms with Gasteiger partial charge in [-0.15, -0.1) is 0 Å². The highest BCUT2D eigenvalue weighted by Gasteiger charge is 2.15. The van der Waals surface area contributed by atoms with E-state index < -0.39 is 11.9 Å². The van der Waals surface area contributed by atoms with Gasteiger partial charge in [0.2, 0.25) is 0 Å². The second kappa shape index (κ2) is 8.15. The first kappa shape index (κ1) is 17.5. The Morgan fingerprint density at radius 1 is 1.22 bits per heavy atom. The van der Waals surface area contributed by atoms with Crippen LogP contribution in [0.1, 0.15) is 17.2 Å². The molecule has 0 aromatic heterocycles. The summed E-state index contributed by atoms with van der Waals surface area (Å²) in [5.74, 6) is 0.745. The second-order valence-corrected chi connectivity index (χ2v) is 5.35. The van der Waals surface area contributed by atoms with Gasteiger partial charge in [-0.1, -0.05) is 29.8 Å². The number of methoxy groups -OCH3 is 2. The van der Waals surface area contributed by atoms with Gasteiger partial charge in [-0.2, -0.15) is 0 Å². The van der Waals surface area contributed by atoms with Gasteiger partial charge in [0.25, 0.3) is 0 Å². The minimum absolute atomic E-state index is 0.0555. The molecule has 0 fully saturated rings. The minimum atomic E-state index is -0.511. The third-order valence-corrected chi connectivity index (χ3v) is 3.86. The lowest BCUT2D eigenvalue weighted by Crippen LogP contribution is -2.24. The van der Waals surface area contributed by atoms with E-state index in [9.17, 15) is 9.50 Å². The van der Waals surface area contributed by atoms with Crippen LogP contribution in [-0.4, -0.2) is 25.9 Å². The Labute approximate surface area is 139 Å². The number of nitrogens with one attached hydrogen (secondary N) is 1. The van der Waals surface area contributed by atoms with Crippen LogP contribution in [0.3, 0.4) is 0 Å². The molecule has 0 aliphatic carbocycles. The van der Waals surface area contributed by atoms with Crippen molar-refractivity contribution in [2.24, 2.45) is 0 Å². The molecule has 2 N–H and O–H groups in total. The van der Waals surface area contributed by atoms with E-state index in [0.29, 0.717) is 23.6 Å². The predicted molar refractivity (Wildman–Crippen MR) is 87.6 cm³/mol. The van der Waals surface area contributed by atoms with Gasteiger partial charge < -0.3 is 19.9 Å². The highest BCUT2D eigenvalue weighted by molar-refractivity contribution is 6.30. The molecule has 124 valence electrons. The molecule has 0 saturated heterocycles. The summed E-state index contributed by atoms with van der Waals surface area (Å²) in [6.07, 6.45) is 0. The largest absolute Gasteiger partial charge is 0.493 e. The first-order chi connectivity index (χ1) is 11.1. The number of hydrogen-bond donors (Lipinski definition) is 2. The molecule has 23 heavy (non-hydrogen) atoms. The van der Waals surface area contributed by atoms with Crippen LogP contribution in [0.15, 0.2) is 36.4 Å². The van der Waals surface area contributed by atoms with E-state index in [1.165, 1.54) is 12.1 Å². The van der Waals surface area contributed by atoms with Crippen LogP contribution < -0.4 is 14.8 Å². The van der Waals surface area contributed by atoms with Crippen LogP contribution in [0.25, 0.3) is 0 Å². The normalized spacial score (nSPS) is 12.0. The number of benzene rings is 2.